The first-order valence-electron chi connectivity index (χ1n) is 0.730. The molecule has 0 amide bonds. The molecule has 0 rings (SSSR count). The van der Waals surface area contributed by atoms with Crippen molar-refractivity contribution in [2.75, 3.05) is 0 Å². The third kappa shape index (κ3) is 74.5. The Balaban J connectivity index is -0.00000000381. The van der Waals surface area contributed by atoms with Gasteiger partial charge in [-0.15, -0.1) is 0 Å². The zero-order chi connectivity index (χ0) is 4.50. The van der Waals surface area contributed by atoms with E-state index in [2.05, 4.69) is 0 Å². The Morgan fingerprint density at radius 3 is 1.33 bits per heavy atom. The average Bonchev–Trinajstić information content (AvgIpc) is 0.722. The Kier molecular flexibility index (Phi) is 5.25. The molecule has 0 aliphatic rings. The van der Waals surface area contributed by atoms with Gasteiger partial charge in [-0.05, 0) is 0 Å². The molecule has 46 valence electrons. The first-order chi connectivity index (χ1) is 2.00. The number of hydrogen-bond acceptors (Lipinski definition) is 4. The van der Waals surface area contributed by atoms with Gasteiger partial charge in [0.2, 0.25) is 0 Å². The zero-order valence-corrected chi connectivity index (χ0v) is 6.96. The maximum atomic E-state index is 8.61. The third-order valence-corrected chi connectivity index (χ3v) is 0. The standard InChI is InChI=1S/AsH3O4.Sb.6H2/c2-1(3,4)5;;;;;;;/h(H3,2,3,4,5);;6*1H/q;+3;;;;;;/p-3. The second-order valence-corrected chi connectivity index (χ2v) is 2.32. The van der Waals surface area contributed by atoms with Crippen molar-refractivity contribution in [1.29, 1.82) is 0 Å². The molecule has 0 fully saturated rings. The van der Waals surface area contributed by atoms with Crippen LogP contribution in [0.1, 0.15) is 8.56 Å². The van der Waals surface area contributed by atoms with Crippen LogP contribution in [0.4, 0.5) is 0 Å². The van der Waals surface area contributed by atoms with Crippen LogP contribution in [0.2, 0.25) is 0 Å². The largest absolute Gasteiger partial charge is 3.00 e. The normalized spacial score (nSPS) is 9.83. The van der Waals surface area contributed by atoms with Crippen LogP contribution in [0, 0.1) is 0 Å². The topological polar surface area (TPSA) is 86.2 Å². The van der Waals surface area contributed by atoms with Crippen LogP contribution in [-0.4, -0.2) is 38.9 Å². The van der Waals surface area contributed by atoms with E-state index in [9.17, 15) is 0 Å². The smallest absolute Gasteiger partial charge is 0 e. The van der Waals surface area contributed by atoms with Gasteiger partial charge in [-0.25, -0.2) is 0 Å². The molecule has 0 aromatic carbocycles. The molecule has 0 unspecified atom stereocenters. The molecule has 0 aromatic rings. The molecule has 2 radical (unpaired) electrons. The van der Waals surface area contributed by atoms with Gasteiger partial charge >= 0.3 is 55.0 Å². The first kappa shape index (κ1) is 10.1. The van der Waals surface area contributed by atoms with E-state index in [1.54, 1.807) is 0 Å². The fraction of sp³-hybridized carbons (Fsp3) is 0. The zero-order valence-electron chi connectivity index (χ0n) is 2.53. The molecule has 0 aliphatic heterocycles. The fourth-order valence-corrected chi connectivity index (χ4v) is 0. The summed E-state index contributed by atoms with van der Waals surface area (Å²) in [7, 11) is 0. The van der Waals surface area contributed by atoms with Crippen LogP contribution in [-0.2, 0) is 3.74 Å². The van der Waals surface area contributed by atoms with Crippen molar-refractivity contribution in [3.63, 3.8) is 0 Å². The van der Waals surface area contributed by atoms with Gasteiger partial charge in [-0.2, -0.15) is 0 Å². The first-order valence-corrected chi connectivity index (χ1v) is 3.79. The molecule has 0 atom stereocenters. The Bertz CT molecular complexity index is 65.7. The minimum absolute atomic E-state index is 0. The molecule has 0 N–H and O–H groups in total. The van der Waals surface area contributed by atoms with Gasteiger partial charge in [-0.3, -0.25) is 0 Å². The Labute approximate surface area is 63.9 Å². The van der Waals surface area contributed by atoms with Crippen molar-refractivity contribution in [3.8, 4) is 0 Å². The van der Waals surface area contributed by atoms with E-state index in [1.807, 2.05) is 0 Å². The van der Waals surface area contributed by atoms with Gasteiger partial charge in [0.05, 0.1) is 0 Å². The molecule has 6 heavy (non-hydrogen) atoms. The van der Waals surface area contributed by atoms with Crippen LogP contribution < -0.4 is 12.3 Å². The molecule has 0 bridgehead atoms. The number of hydrogen-bond donors (Lipinski definition) is 0. The summed E-state index contributed by atoms with van der Waals surface area (Å²) in [5.74, 6) is 0. The minimum atomic E-state index is -5.88. The van der Waals surface area contributed by atoms with Gasteiger partial charge < -0.3 is 0 Å². The van der Waals surface area contributed by atoms with Gasteiger partial charge in [0.1, 0.15) is 0 Å². The summed E-state index contributed by atoms with van der Waals surface area (Å²) in [6, 6.07) is 0. The maximum Gasteiger partial charge on any atom is 3.00 e. The minimum Gasteiger partial charge on any atom is 0 e. The molecular formula is H12AsO4Sb. The SMILES string of the molecule is O=[As]([O-])([O-])[O-].[HH].[HH].[HH].[HH].[HH].[HH].[Sb+3]. The monoisotopic (exact) mass is 272 g/mol. The molecule has 0 aromatic heterocycles. The van der Waals surface area contributed by atoms with Crippen molar-refractivity contribution in [3.05, 3.63) is 0 Å². The quantitative estimate of drug-likeness (QED) is 0.441. The van der Waals surface area contributed by atoms with Crippen LogP contribution >= 0.6 is 0 Å². The summed E-state index contributed by atoms with van der Waals surface area (Å²) in [6.45, 7) is 0. The van der Waals surface area contributed by atoms with Crippen LogP contribution in [0.3, 0.4) is 0 Å². The molecule has 0 spiro atoms. The average molecular weight is 273 g/mol. The fourth-order valence-electron chi connectivity index (χ4n) is 0. The summed E-state index contributed by atoms with van der Waals surface area (Å²) in [5, 5.41) is 0. The van der Waals surface area contributed by atoms with Gasteiger partial charge in [0.15, 0.2) is 0 Å². The summed E-state index contributed by atoms with van der Waals surface area (Å²) in [5.41, 5.74) is 0. The van der Waals surface area contributed by atoms with Crippen molar-refractivity contribution < 1.29 is 24.6 Å². The van der Waals surface area contributed by atoms with Crippen LogP contribution in [0.5, 0.6) is 0 Å². The van der Waals surface area contributed by atoms with E-state index in [0.29, 0.717) is 0 Å². The van der Waals surface area contributed by atoms with Crippen molar-refractivity contribution >= 4 is 38.9 Å². The summed E-state index contributed by atoms with van der Waals surface area (Å²) >= 11 is -5.88. The Morgan fingerprint density at radius 1 is 1.33 bits per heavy atom. The van der Waals surface area contributed by atoms with Gasteiger partial charge in [-0.1, -0.05) is 0 Å². The molecule has 6 heteroatoms. The van der Waals surface area contributed by atoms with E-state index in [4.69, 9.17) is 16.0 Å². The number of rotatable bonds is 0. The van der Waals surface area contributed by atoms with E-state index in [-0.39, 0.29) is 33.0 Å². The van der Waals surface area contributed by atoms with Crippen molar-refractivity contribution in [2.45, 2.75) is 0 Å². The van der Waals surface area contributed by atoms with Crippen molar-refractivity contribution in [2.24, 2.45) is 0 Å². The second-order valence-electron chi connectivity index (χ2n) is 0.447. The summed E-state index contributed by atoms with van der Waals surface area (Å²) in [6.07, 6.45) is 0. The van der Waals surface area contributed by atoms with E-state index in [1.165, 1.54) is 0 Å². The van der Waals surface area contributed by atoms with E-state index in [0.717, 1.165) is 0 Å². The molecule has 0 saturated carbocycles. The Hall–Kier alpha value is 1.06. The van der Waals surface area contributed by atoms with Gasteiger partial charge in [0, 0.05) is 8.56 Å². The molecule has 0 saturated heterocycles. The molecule has 0 heterocycles. The second kappa shape index (κ2) is 3.11. The van der Waals surface area contributed by atoms with Crippen molar-refractivity contribution in [1.82, 2.24) is 0 Å². The predicted octanol–water partition coefficient (Wildman–Crippen LogP) is -2.97. The van der Waals surface area contributed by atoms with Crippen LogP contribution in [0.15, 0.2) is 0 Å². The van der Waals surface area contributed by atoms with E-state index < -0.39 is 14.5 Å². The maximum absolute atomic E-state index is 8.61. The molecule has 4 nitrogen and oxygen atoms in total. The molecular weight excluding hydrogens is 261 g/mol. The predicted molar refractivity (Wildman–Crippen MR) is 24.9 cm³/mol. The Morgan fingerprint density at radius 2 is 1.33 bits per heavy atom. The van der Waals surface area contributed by atoms with Crippen LogP contribution in [0.25, 0.3) is 0 Å². The van der Waals surface area contributed by atoms with Gasteiger partial charge in [0.25, 0.3) is 0 Å². The summed E-state index contributed by atoms with van der Waals surface area (Å²) in [4.78, 5) is 0. The molecule has 0 aliphatic carbocycles. The third-order valence-electron chi connectivity index (χ3n) is 0. The van der Waals surface area contributed by atoms with E-state index >= 15 is 0 Å². The summed E-state index contributed by atoms with van der Waals surface area (Å²) < 4.78 is 34.4.